The molecule has 4 nitrogen and oxygen atoms in total. The van der Waals surface area contributed by atoms with E-state index in [1.165, 1.54) is 5.56 Å². The van der Waals surface area contributed by atoms with Crippen molar-refractivity contribution < 1.29 is 14.3 Å². The molecule has 3 rings (SSSR count). The Hall–Kier alpha value is -2.33. The molecule has 0 aliphatic heterocycles. The number of anilines is 1. The van der Waals surface area contributed by atoms with E-state index in [0.29, 0.717) is 17.9 Å². The number of rotatable bonds is 6. The lowest BCUT2D eigenvalue weighted by molar-refractivity contribution is -0.155. The molecule has 5 heteroatoms. The molecule has 1 aliphatic carbocycles. The summed E-state index contributed by atoms with van der Waals surface area (Å²) in [5.74, 6) is -1.14. The second kappa shape index (κ2) is 9.74. The number of esters is 1. The van der Waals surface area contributed by atoms with Gasteiger partial charge in [-0.3, -0.25) is 9.59 Å². The molecular formula is C23H26ClNO3. The summed E-state index contributed by atoms with van der Waals surface area (Å²) in [5, 5.41) is 3.61. The van der Waals surface area contributed by atoms with Crippen molar-refractivity contribution in [2.45, 2.75) is 45.6 Å². The van der Waals surface area contributed by atoms with Gasteiger partial charge in [0.1, 0.15) is 6.61 Å². The van der Waals surface area contributed by atoms with E-state index < -0.39 is 5.92 Å². The molecular weight excluding hydrogens is 374 g/mol. The van der Waals surface area contributed by atoms with Gasteiger partial charge in [-0.1, -0.05) is 55.6 Å². The summed E-state index contributed by atoms with van der Waals surface area (Å²) >= 11 is 5.88. The molecule has 0 heterocycles. The van der Waals surface area contributed by atoms with E-state index in [2.05, 4.69) is 12.2 Å². The van der Waals surface area contributed by atoms with Crippen LogP contribution in [0.1, 0.15) is 43.7 Å². The number of amides is 1. The third-order valence-corrected chi connectivity index (χ3v) is 5.58. The van der Waals surface area contributed by atoms with Gasteiger partial charge in [0, 0.05) is 10.7 Å². The molecule has 0 bridgehead atoms. The fourth-order valence-corrected chi connectivity index (χ4v) is 3.75. The molecule has 0 aromatic heterocycles. The van der Waals surface area contributed by atoms with Crippen molar-refractivity contribution in [2.24, 2.45) is 11.8 Å². The van der Waals surface area contributed by atoms with Crippen LogP contribution in [-0.4, -0.2) is 11.9 Å². The first-order valence-corrected chi connectivity index (χ1v) is 10.3. The van der Waals surface area contributed by atoms with E-state index in [1.807, 2.05) is 36.4 Å². The predicted molar refractivity (Wildman–Crippen MR) is 111 cm³/mol. The molecule has 1 saturated carbocycles. The van der Waals surface area contributed by atoms with Crippen LogP contribution < -0.4 is 5.32 Å². The lowest BCUT2D eigenvalue weighted by Crippen LogP contribution is -2.37. The van der Waals surface area contributed by atoms with E-state index in [-0.39, 0.29) is 24.4 Å². The van der Waals surface area contributed by atoms with Crippen LogP contribution in [0.2, 0.25) is 5.02 Å². The summed E-state index contributed by atoms with van der Waals surface area (Å²) in [7, 11) is 0. The lowest BCUT2D eigenvalue weighted by Gasteiger charge is -2.29. The molecule has 2 unspecified atom stereocenters. The Labute approximate surface area is 171 Å². The minimum absolute atomic E-state index is 0.0996. The first-order valence-electron chi connectivity index (χ1n) is 9.87. The normalized spacial score (nSPS) is 19.1. The molecule has 1 fully saturated rings. The number of halogens is 1. The molecule has 2 atom stereocenters. The van der Waals surface area contributed by atoms with Crippen molar-refractivity contribution in [3.63, 3.8) is 0 Å². The average Bonchev–Trinajstić information content (AvgIpc) is 2.73. The van der Waals surface area contributed by atoms with Crippen LogP contribution in [0.5, 0.6) is 0 Å². The minimum Gasteiger partial charge on any atom is -0.461 e. The number of carbonyl (C=O) groups excluding carboxylic acids is 2. The number of hydrogen-bond donors (Lipinski definition) is 1. The van der Waals surface area contributed by atoms with Crippen LogP contribution in [0, 0.1) is 11.8 Å². The van der Waals surface area contributed by atoms with Gasteiger partial charge in [0.15, 0.2) is 0 Å². The summed E-state index contributed by atoms with van der Waals surface area (Å²) < 4.78 is 5.51. The zero-order valence-corrected chi connectivity index (χ0v) is 16.9. The van der Waals surface area contributed by atoms with Gasteiger partial charge in [0.05, 0.1) is 11.8 Å². The molecule has 148 valence electrons. The topological polar surface area (TPSA) is 55.4 Å². The van der Waals surface area contributed by atoms with Crippen molar-refractivity contribution in [3.05, 3.63) is 64.7 Å². The van der Waals surface area contributed by atoms with Gasteiger partial charge in [-0.05, 0) is 54.7 Å². The maximum Gasteiger partial charge on any atom is 0.310 e. The molecule has 0 spiro atoms. The quantitative estimate of drug-likeness (QED) is 0.662. The molecule has 2 aromatic carbocycles. The number of nitrogens with one attached hydrogen (secondary N) is 1. The Morgan fingerprint density at radius 1 is 0.964 bits per heavy atom. The van der Waals surface area contributed by atoms with E-state index in [1.54, 1.807) is 12.1 Å². The predicted octanol–water partition coefficient (Wildman–Crippen LogP) is 5.39. The molecule has 1 N–H and O–H groups in total. The number of ether oxygens (including phenoxy) is 1. The Morgan fingerprint density at radius 3 is 2.21 bits per heavy atom. The minimum atomic E-state index is -0.393. The SMILES string of the molecule is CCc1ccc(NC(=O)C2CCCCC2C(=O)OCc2ccc(Cl)cc2)cc1. The Balaban J connectivity index is 1.60. The molecule has 1 aliphatic rings. The fraction of sp³-hybridized carbons (Fsp3) is 0.391. The fourth-order valence-electron chi connectivity index (χ4n) is 3.63. The number of aryl methyl sites for hydroxylation is 1. The summed E-state index contributed by atoms with van der Waals surface area (Å²) in [6.45, 7) is 2.29. The standard InChI is InChI=1S/C23H26ClNO3/c1-2-16-9-13-19(14-10-16)25-22(26)20-5-3-4-6-21(20)23(27)28-15-17-7-11-18(24)12-8-17/h7-14,20-21H,2-6,15H2,1H3,(H,25,26). The number of hydrogen-bond acceptors (Lipinski definition) is 3. The second-order valence-corrected chi connectivity index (χ2v) is 7.71. The third kappa shape index (κ3) is 5.35. The highest BCUT2D eigenvalue weighted by Gasteiger charge is 2.36. The van der Waals surface area contributed by atoms with Crippen molar-refractivity contribution in [2.75, 3.05) is 5.32 Å². The Morgan fingerprint density at radius 2 is 1.57 bits per heavy atom. The average molecular weight is 400 g/mol. The van der Waals surface area contributed by atoms with E-state index in [0.717, 1.165) is 30.5 Å². The van der Waals surface area contributed by atoms with Crippen molar-refractivity contribution in [1.82, 2.24) is 0 Å². The van der Waals surface area contributed by atoms with E-state index >= 15 is 0 Å². The van der Waals surface area contributed by atoms with Crippen molar-refractivity contribution in [3.8, 4) is 0 Å². The summed E-state index contributed by atoms with van der Waals surface area (Å²) in [4.78, 5) is 25.5. The molecule has 28 heavy (non-hydrogen) atoms. The zero-order valence-electron chi connectivity index (χ0n) is 16.1. The molecule has 1 amide bonds. The first kappa shape index (κ1) is 20.4. The summed E-state index contributed by atoms with van der Waals surface area (Å²) in [5.41, 5.74) is 2.87. The molecule has 0 radical (unpaired) electrons. The third-order valence-electron chi connectivity index (χ3n) is 5.33. The monoisotopic (exact) mass is 399 g/mol. The van der Waals surface area contributed by atoms with Crippen LogP contribution in [0.25, 0.3) is 0 Å². The van der Waals surface area contributed by atoms with E-state index in [4.69, 9.17) is 16.3 Å². The van der Waals surface area contributed by atoms with Crippen LogP contribution in [0.4, 0.5) is 5.69 Å². The zero-order chi connectivity index (χ0) is 19.9. The van der Waals surface area contributed by atoms with Crippen LogP contribution in [0.3, 0.4) is 0 Å². The second-order valence-electron chi connectivity index (χ2n) is 7.27. The Kier molecular flexibility index (Phi) is 7.10. The highest BCUT2D eigenvalue weighted by molar-refractivity contribution is 6.30. The highest BCUT2D eigenvalue weighted by Crippen LogP contribution is 2.32. The van der Waals surface area contributed by atoms with Gasteiger partial charge < -0.3 is 10.1 Å². The highest BCUT2D eigenvalue weighted by atomic mass is 35.5. The van der Waals surface area contributed by atoms with E-state index in [9.17, 15) is 9.59 Å². The van der Waals surface area contributed by atoms with Crippen molar-refractivity contribution >= 4 is 29.2 Å². The van der Waals surface area contributed by atoms with Crippen LogP contribution in [0.15, 0.2) is 48.5 Å². The van der Waals surface area contributed by atoms with Gasteiger partial charge in [0.2, 0.25) is 5.91 Å². The number of benzene rings is 2. The largest absolute Gasteiger partial charge is 0.461 e. The molecule has 0 saturated heterocycles. The Bertz CT molecular complexity index is 802. The lowest BCUT2D eigenvalue weighted by atomic mass is 9.78. The van der Waals surface area contributed by atoms with Gasteiger partial charge >= 0.3 is 5.97 Å². The first-order chi connectivity index (χ1) is 13.6. The smallest absolute Gasteiger partial charge is 0.310 e. The van der Waals surface area contributed by atoms with Gasteiger partial charge in [-0.25, -0.2) is 0 Å². The maximum atomic E-state index is 12.8. The van der Waals surface area contributed by atoms with Gasteiger partial charge in [-0.15, -0.1) is 0 Å². The van der Waals surface area contributed by atoms with Crippen molar-refractivity contribution in [1.29, 1.82) is 0 Å². The van der Waals surface area contributed by atoms with Crippen LogP contribution >= 0.6 is 11.6 Å². The molecule has 2 aromatic rings. The van der Waals surface area contributed by atoms with Gasteiger partial charge in [0.25, 0.3) is 0 Å². The van der Waals surface area contributed by atoms with Crippen LogP contribution in [-0.2, 0) is 27.4 Å². The summed E-state index contributed by atoms with van der Waals surface area (Å²) in [6, 6.07) is 15.0. The van der Waals surface area contributed by atoms with Gasteiger partial charge in [-0.2, -0.15) is 0 Å². The summed E-state index contributed by atoms with van der Waals surface area (Å²) in [6.07, 6.45) is 4.24. The number of carbonyl (C=O) groups is 2. The maximum absolute atomic E-state index is 12.8.